The highest BCUT2D eigenvalue weighted by Crippen LogP contribution is 2.17. The summed E-state index contributed by atoms with van der Waals surface area (Å²) in [6.45, 7) is 0. The molecule has 0 radical (unpaired) electrons. The molecule has 2 unspecified atom stereocenters. The van der Waals surface area contributed by atoms with Gasteiger partial charge in [0.05, 0.1) is 0 Å². The molecule has 1 fully saturated rings. The van der Waals surface area contributed by atoms with E-state index in [4.69, 9.17) is 5.11 Å². The van der Waals surface area contributed by atoms with Gasteiger partial charge in [0.25, 0.3) is 0 Å². The maximum absolute atomic E-state index is 10.6. The van der Waals surface area contributed by atoms with Gasteiger partial charge < -0.3 is 10.4 Å². The third-order valence-corrected chi connectivity index (χ3v) is 3.14. The third kappa shape index (κ3) is 3.56. The minimum Gasteiger partial charge on any atom is -0.480 e. The summed E-state index contributed by atoms with van der Waals surface area (Å²) in [7, 11) is 0. The van der Waals surface area contributed by atoms with Gasteiger partial charge in [-0.15, -0.1) is 0 Å². The van der Waals surface area contributed by atoms with Crippen molar-refractivity contribution in [2.24, 2.45) is 0 Å². The Morgan fingerprint density at radius 2 is 2.38 bits per heavy atom. The minimum atomic E-state index is -0.702. The number of nitrogens with one attached hydrogen (secondary N) is 1. The van der Waals surface area contributed by atoms with Crippen LogP contribution < -0.4 is 5.32 Å². The Balaban J connectivity index is 2.14. The summed E-state index contributed by atoms with van der Waals surface area (Å²) in [5.41, 5.74) is 0. The maximum atomic E-state index is 10.6. The third-order valence-electron chi connectivity index (χ3n) is 2.44. The molecule has 0 aliphatic carbocycles. The smallest absolute Gasteiger partial charge is 0.320 e. The fraction of sp³-hybridized carbons (Fsp3) is 0.889. The number of thioether (sulfide) groups is 1. The van der Waals surface area contributed by atoms with Crippen LogP contribution in [0.25, 0.3) is 0 Å². The summed E-state index contributed by atoms with van der Waals surface area (Å²) in [6, 6.07) is 0.146. The molecule has 1 aliphatic rings. The molecular formula is C9H17NO2S. The van der Waals surface area contributed by atoms with Gasteiger partial charge in [-0.25, -0.2) is 0 Å². The molecule has 76 valence electrons. The molecule has 0 amide bonds. The van der Waals surface area contributed by atoms with E-state index >= 15 is 0 Å². The Morgan fingerprint density at radius 1 is 1.62 bits per heavy atom. The first-order valence-corrected chi connectivity index (χ1v) is 6.11. The first-order valence-electron chi connectivity index (χ1n) is 4.72. The number of carbonyl (C=O) groups is 1. The van der Waals surface area contributed by atoms with Crippen molar-refractivity contribution in [1.29, 1.82) is 0 Å². The Bertz CT molecular complexity index is 175. The second-order valence-electron chi connectivity index (χ2n) is 3.47. The van der Waals surface area contributed by atoms with Gasteiger partial charge in [0, 0.05) is 6.04 Å². The number of carboxylic acids is 1. The van der Waals surface area contributed by atoms with Gasteiger partial charge in [-0.1, -0.05) is 0 Å². The second-order valence-corrected chi connectivity index (χ2v) is 4.45. The van der Waals surface area contributed by atoms with Crippen LogP contribution in [0.4, 0.5) is 0 Å². The normalized spacial score (nSPS) is 27.8. The molecule has 1 heterocycles. The lowest BCUT2D eigenvalue weighted by atomic mass is 10.1. The summed E-state index contributed by atoms with van der Waals surface area (Å²) in [5, 5.41) is 11.9. The van der Waals surface area contributed by atoms with E-state index in [1.165, 1.54) is 12.2 Å². The molecule has 0 saturated carbocycles. The van der Waals surface area contributed by atoms with Gasteiger partial charge >= 0.3 is 5.97 Å². The predicted molar refractivity (Wildman–Crippen MR) is 55.2 cm³/mol. The minimum absolute atomic E-state index is 0.292. The molecule has 13 heavy (non-hydrogen) atoms. The quantitative estimate of drug-likeness (QED) is 0.662. The van der Waals surface area contributed by atoms with Crippen LogP contribution in [0.5, 0.6) is 0 Å². The number of hydrogen-bond donors (Lipinski definition) is 2. The standard InChI is InChI=1S/C9H17NO2S/c1-13-6-2-3-7-4-5-8(10-7)9(11)12/h7-8,10H,2-6H2,1H3,(H,11,12). The summed E-state index contributed by atoms with van der Waals surface area (Å²) in [6.07, 6.45) is 6.21. The van der Waals surface area contributed by atoms with Gasteiger partial charge in [-0.3, -0.25) is 4.79 Å². The number of rotatable bonds is 5. The van der Waals surface area contributed by atoms with E-state index in [0.29, 0.717) is 6.04 Å². The van der Waals surface area contributed by atoms with E-state index in [-0.39, 0.29) is 6.04 Å². The average molecular weight is 203 g/mol. The highest BCUT2D eigenvalue weighted by Gasteiger charge is 2.27. The van der Waals surface area contributed by atoms with Crippen molar-refractivity contribution >= 4 is 17.7 Å². The van der Waals surface area contributed by atoms with Gasteiger partial charge in [0.2, 0.25) is 0 Å². The van der Waals surface area contributed by atoms with Crippen LogP contribution in [0.15, 0.2) is 0 Å². The molecule has 0 bridgehead atoms. The van der Waals surface area contributed by atoms with E-state index in [0.717, 1.165) is 19.3 Å². The van der Waals surface area contributed by atoms with Crippen molar-refractivity contribution in [2.75, 3.05) is 12.0 Å². The first-order chi connectivity index (χ1) is 6.24. The molecule has 3 nitrogen and oxygen atoms in total. The molecule has 1 saturated heterocycles. The summed E-state index contributed by atoms with van der Waals surface area (Å²) >= 11 is 1.85. The van der Waals surface area contributed by atoms with Crippen molar-refractivity contribution in [1.82, 2.24) is 5.32 Å². The summed E-state index contributed by atoms with van der Waals surface area (Å²) in [4.78, 5) is 10.6. The molecule has 2 atom stereocenters. The van der Waals surface area contributed by atoms with Crippen molar-refractivity contribution in [3.63, 3.8) is 0 Å². The van der Waals surface area contributed by atoms with Crippen LogP contribution in [-0.4, -0.2) is 35.2 Å². The SMILES string of the molecule is CSCCCC1CCC(C(=O)O)N1. The lowest BCUT2D eigenvalue weighted by Crippen LogP contribution is -2.35. The molecular weight excluding hydrogens is 186 g/mol. The maximum Gasteiger partial charge on any atom is 0.320 e. The molecule has 0 aromatic rings. The predicted octanol–water partition coefficient (Wildman–Crippen LogP) is 1.33. The van der Waals surface area contributed by atoms with Crippen LogP contribution in [0.1, 0.15) is 25.7 Å². The van der Waals surface area contributed by atoms with E-state index in [9.17, 15) is 4.79 Å². The number of aliphatic carboxylic acids is 1. The van der Waals surface area contributed by atoms with Crippen LogP contribution in [0.2, 0.25) is 0 Å². The van der Waals surface area contributed by atoms with E-state index in [2.05, 4.69) is 11.6 Å². The average Bonchev–Trinajstić information content (AvgIpc) is 2.53. The Morgan fingerprint density at radius 3 is 2.92 bits per heavy atom. The zero-order valence-electron chi connectivity index (χ0n) is 7.95. The van der Waals surface area contributed by atoms with Crippen LogP contribution in [0, 0.1) is 0 Å². The first kappa shape index (κ1) is 10.9. The zero-order chi connectivity index (χ0) is 9.68. The Hall–Kier alpha value is -0.220. The van der Waals surface area contributed by atoms with Gasteiger partial charge in [0.15, 0.2) is 0 Å². The van der Waals surface area contributed by atoms with Crippen LogP contribution >= 0.6 is 11.8 Å². The van der Waals surface area contributed by atoms with E-state index in [1.54, 1.807) is 0 Å². The monoisotopic (exact) mass is 203 g/mol. The van der Waals surface area contributed by atoms with Crippen molar-refractivity contribution in [3.8, 4) is 0 Å². The van der Waals surface area contributed by atoms with Crippen LogP contribution in [-0.2, 0) is 4.79 Å². The fourth-order valence-corrected chi connectivity index (χ4v) is 2.17. The summed E-state index contributed by atoms with van der Waals surface area (Å²) < 4.78 is 0. The highest BCUT2D eigenvalue weighted by atomic mass is 32.2. The molecule has 1 rings (SSSR count). The van der Waals surface area contributed by atoms with Crippen molar-refractivity contribution in [3.05, 3.63) is 0 Å². The van der Waals surface area contributed by atoms with Crippen LogP contribution in [0.3, 0.4) is 0 Å². The Labute approximate surface area is 83.3 Å². The van der Waals surface area contributed by atoms with E-state index < -0.39 is 5.97 Å². The molecule has 1 aliphatic heterocycles. The fourth-order valence-electron chi connectivity index (χ4n) is 1.72. The van der Waals surface area contributed by atoms with Crippen molar-refractivity contribution in [2.45, 2.75) is 37.8 Å². The van der Waals surface area contributed by atoms with Gasteiger partial charge in [-0.2, -0.15) is 11.8 Å². The van der Waals surface area contributed by atoms with E-state index in [1.807, 2.05) is 11.8 Å². The number of hydrogen-bond acceptors (Lipinski definition) is 3. The molecule has 4 heteroatoms. The van der Waals surface area contributed by atoms with Crippen molar-refractivity contribution < 1.29 is 9.90 Å². The molecule has 0 aromatic heterocycles. The highest BCUT2D eigenvalue weighted by molar-refractivity contribution is 7.98. The Kier molecular flexibility index (Phi) is 4.59. The van der Waals surface area contributed by atoms with Gasteiger partial charge in [-0.05, 0) is 37.7 Å². The lowest BCUT2D eigenvalue weighted by Gasteiger charge is -2.10. The molecule has 0 aromatic carbocycles. The lowest BCUT2D eigenvalue weighted by molar-refractivity contribution is -0.139. The molecule has 2 N–H and O–H groups in total. The molecule has 0 spiro atoms. The second kappa shape index (κ2) is 5.50. The number of carboxylic acid groups (broad SMARTS) is 1. The zero-order valence-corrected chi connectivity index (χ0v) is 8.77. The largest absolute Gasteiger partial charge is 0.480 e. The summed E-state index contributed by atoms with van der Waals surface area (Å²) in [5.74, 6) is 0.475. The topological polar surface area (TPSA) is 49.3 Å². The van der Waals surface area contributed by atoms with Gasteiger partial charge in [0.1, 0.15) is 6.04 Å².